The Kier molecular flexibility index (Phi) is 4.40. The molecule has 3 nitrogen and oxygen atoms in total. The van der Waals surface area contributed by atoms with Crippen molar-refractivity contribution in [3.05, 3.63) is 52.9 Å². The maximum Gasteiger partial charge on any atom is 0.416 e. The lowest BCUT2D eigenvalue weighted by molar-refractivity contribution is -0.137. The van der Waals surface area contributed by atoms with Crippen LogP contribution in [-0.4, -0.2) is 8.42 Å². The van der Waals surface area contributed by atoms with Crippen LogP contribution in [0.4, 0.5) is 13.2 Å². The van der Waals surface area contributed by atoms with Crippen LogP contribution < -0.4 is 4.72 Å². The molecule has 0 saturated heterocycles. The Labute approximate surface area is 124 Å². The van der Waals surface area contributed by atoms with Crippen molar-refractivity contribution in [1.29, 1.82) is 0 Å². The zero-order valence-electron chi connectivity index (χ0n) is 10.9. The number of nitrogens with one attached hydrogen (secondary N) is 1. The van der Waals surface area contributed by atoms with Crippen molar-refractivity contribution in [3.63, 3.8) is 0 Å². The molecule has 8 heteroatoms. The molecule has 1 atom stereocenters. The molecule has 1 unspecified atom stereocenters. The lowest BCUT2D eigenvalue weighted by Gasteiger charge is -2.15. The highest BCUT2D eigenvalue weighted by atomic mass is 32.2. The molecule has 1 heterocycles. The van der Waals surface area contributed by atoms with Crippen molar-refractivity contribution in [2.45, 2.75) is 23.4 Å². The van der Waals surface area contributed by atoms with E-state index in [0.29, 0.717) is 0 Å². The maximum absolute atomic E-state index is 12.7. The lowest BCUT2D eigenvalue weighted by atomic mass is 10.1. The maximum atomic E-state index is 12.7. The van der Waals surface area contributed by atoms with E-state index in [0.717, 1.165) is 23.5 Å². The predicted molar refractivity (Wildman–Crippen MR) is 74.5 cm³/mol. The van der Waals surface area contributed by atoms with Crippen LogP contribution in [0, 0.1) is 0 Å². The minimum absolute atomic E-state index is 0.126. The first-order chi connectivity index (χ1) is 9.70. The second-order valence-corrected chi connectivity index (χ2v) is 7.29. The average Bonchev–Trinajstić information content (AvgIpc) is 2.92. The molecule has 0 aliphatic rings. The van der Waals surface area contributed by atoms with Gasteiger partial charge in [0.15, 0.2) is 0 Å². The quantitative estimate of drug-likeness (QED) is 0.923. The highest BCUT2D eigenvalue weighted by Crippen LogP contribution is 2.31. The highest BCUT2D eigenvalue weighted by Gasteiger charge is 2.31. The molecule has 0 spiro atoms. The number of hydrogen-bond donors (Lipinski definition) is 1. The van der Waals surface area contributed by atoms with Gasteiger partial charge in [0, 0.05) is 6.04 Å². The summed E-state index contributed by atoms with van der Waals surface area (Å²) < 4.78 is 64.5. The number of rotatable bonds is 4. The number of hydrogen-bond acceptors (Lipinski definition) is 3. The molecule has 1 aromatic heterocycles. The molecule has 2 aromatic rings. The van der Waals surface area contributed by atoms with Crippen LogP contribution in [0.5, 0.6) is 0 Å². The molecule has 2 rings (SSSR count). The van der Waals surface area contributed by atoms with Gasteiger partial charge in [-0.1, -0.05) is 18.2 Å². The van der Waals surface area contributed by atoms with Gasteiger partial charge in [0.2, 0.25) is 0 Å². The van der Waals surface area contributed by atoms with Gasteiger partial charge in [0.05, 0.1) is 5.56 Å². The first-order valence-corrected chi connectivity index (χ1v) is 8.29. The van der Waals surface area contributed by atoms with Gasteiger partial charge in [0.1, 0.15) is 4.21 Å². The van der Waals surface area contributed by atoms with Crippen molar-refractivity contribution in [1.82, 2.24) is 4.72 Å². The third kappa shape index (κ3) is 3.84. The fourth-order valence-electron chi connectivity index (χ4n) is 1.76. The molecule has 1 aromatic carbocycles. The fourth-order valence-corrected chi connectivity index (χ4v) is 4.00. The van der Waals surface area contributed by atoms with E-state index in [-0.39, 0.29) is 9.77 Å². The Hall–Kier alpha value is -1.38. The van der Waals surface area contributed by atoms with Crippen LogP contribution in [-0.2, 0) is 16.2 Å². The molecule has 0 aliphatic heterocycles. The van der Waals surface area contributed by atoms with Crippen molar-refractivity contribution < 1.29 is 21.6 Å². The predicted octanol–water partition coefficient (Wildman–Crippen LogP) is 3.81. The van der Waals surface area contributed by atoms with Gasteiger partial charge in [-0.15, -0.1) is 11.3 Å². The van der Waals surface area contributed by atoms with Crippen LogP contribution in [0.25, 0.3) is 0 Å². The molecular formula is C13H12F3NO2S2. The van der Waals surface area contributed by atoms with E-state index in [1.165, 1.54) is 25.1 Å². The van der Waals surface area contributed by atoms with E-state index < -0.39 is 27.8 Å². The van der Waals surface area contributed by atoms with Gasteiger partial charge < -0.3 is 0 Å². The summed E-state index contributed by atoms with van der Waals surface area (Å²) in [5.41, 5.74) is -0.549. The standard InChI is InChI=1S/C13H12F3NO2S2/c1-9(17-21(18,19)12-6-3-7-20-12)10-4-2-5-11(8-10)13(14,15)16/h2-9,17H,1H3. The molecule has 114 valence electrons. The van der Waals surface area contributed by atoms with Crippen molar-refractivity contribution in [3.8, 4) is 0 Å². The molecule has 0 bridgehead atoms. The number of alkyl halides is 3. The fraction of sp³-hybridized carbons (Fsp3) is 0.231. The summed E-state index contributed by atoms with van der Waals surface area (Å²) in [6.45, 7) is 1.50. The van der Waals surface area contributed by atoms with Crippen molar-refractivity contribution in [2.24, 2.45) is 0 Å². The van der Waals surface area contributed by atoms with Crippen LogP contribution >= 0.6 is 11.3 Å². The Morgan fingerprint density at radius 1 is 1.19 bits per heavy atom. The van der Waals surface area contributed by atoms with Gasteiger partial charge in [0.25, 0.3) is 10.0 Å². The van der Waals surface area contributed by atoms with Gasteiger partial charge >= 0.3 is 6.18 Å². The SMILES string of the molecule is CC(NS(=O)(=O)c1cccs1)c1cccc(C(F)(F)F)c1. The number of benzene rings is 1. The first-order valence-electron chi connectivity index (χ1n) is 5.93. The smallest absolute Gasteiger partial charge is 0.206 e. The molecule has 0 aliphatic carbocycles. The van der Waals surface area contributed by atoms with Gasteiger partial charge in [-0.3, -0.25) is 0 Å². The second kappa shape index (κ2) is 5.78. The zero-order chi connectivity index (χ0) is 15.7. The summed E-state index contributed by atoms with van der Waals surface area (Å²) in [7, 11) is -3.73. The summed E-state index contributed by atoms with van der Waals surface area (Å²) in [6.07, 6.45) is -4.46. The molecule has 0 amide bonds. The van der Waals surface area contributed by atoms with E-state index in [1.54, 1.807) is 11.4 Å². The summed E-state index contributed by atoms with van der Waals surface area (Å²) in [5.74, 6) is 0. The normalized spacial score (nSPS) is 14.1. The molecule has 0 saturated carbocycles. The number of halogens is 3. The zero-order valence-corrected chi connectivity index (χ0v) is 12.5. The van der Waals surface area contributed by atoms with E-state index in [2.05, 4.69) is 4.72 Å². The van der Waals surface area contributed by atoms with Gasteiger partial charge in [-0.2, -0.15) is 13.2 Å². The summed E-state index contributed by atoms with van der Waals surface area (Å²) >= 11 is 1.04. The first kappa shape index (κ1) is 16.0. The Balaban J connectivity index is 2.23. The Bertz CT molecular complexity index is 709. The third-order valence-corrected chi connectivity index (χ3v) is 5.74. The third-order valence-electron chi connectivity index (χ3n) is 2.81. The van der Waals surface area contributed by atoms with Crippen LogP contribution in [0.3, 0.4) is 0 Å². The van der Waals surface area contributed by atoms with E-state index >= 15 is 0 Å². The second-order valence-electron chi connectivity index (χ2n) is 4.40. The van der Waals surface area contributed by atoms with Crippen LogP contribution in [0.15, 0.2) is 46.0 Å². The van der Waals surface area contributed by atoms with Crippen LogP contribution in [0.2, 0.25) is 0 Å². The molecule has 21 heavy (non-hydrogen) atoms. The van der Waals surface area contributed by atoms with E-state index in [4.69, 9.17) is 0 Å². The van der Waals surface area contributed by atoms with E-state index in [9.17, 15) is 21.6 Å². The summed E-state index contributed by atoms with van der Waals surface area (Å²) in [6, 6.07) is 6.87. The Morgan fingerprint density at radius 3 is 2.48 bits per heavy atom. The van der Waals surface area contributed by atoms with Crippen molar-refractivity contribution >= 4 is 21.4 Å². The summed E-state index contributed by atoms with van der Waals surface area (Å²) in [5, 5.41) is 1.61. The lowest BCUT2D eigenvalue weighted by Crippen LogP contribution is -2.26. The molecule has 0 radical (unpaired) electrons. The largest absolute Gasteiger partial charge is 0.416 e. The number of sulfonamides is 1. The van der Waals surface area contributed by atoms with Crippen molar-refractivity contribution in [2.75, 3.05) is 0 Å². The van der Waals surface area contributed by atoms with Crippen LogP contribution in [0.1, 0.15) is 24.1 Å². The molecule has 0 fully saturated rings. The highest BCUT2D eigenvalue weighted by molar-refractivity contribution is 7.91. The summed E-state index contributed by atoms with van der Waals surface area (Å²) in [4.78, 5) is 0. The minimum atomic E-state index is -4.46. The monoisotopic (exact) mass is 335 g/mol. The average molecular weight is 335 g/mol. The van der Waals surface area contributed by atoms with Gasteiger partial charge in [-0.05, 0) is 36.1 Å². The molecular weight excluding hydrogens is 323 g/mol. The number of thiophene rings is 1. The minimum Gasteiger partial charge on any atom is -0.206 e. The van der Waals surface area contributed by atoms with E-state index in [1.807, 2.05) is 0 Å². The Morgan fingerprint density at radius 2 is 1.90 bits per heavy atom. The molecule has 1 N–H and O–H groups in total. The topological polar surface area (TPSA) is 46.2 Å². The van der Waals surface area contributed by atoms with Gasteiger partial charge in [-0.25, -0.2) is 13.1 Å².